The van der Waals surface area contributed by atoms with Crippen LogP contribution in [0.25, 0.3) is 0 Å². The van der Waals surface area contributed by atoms with Gasteiger partial charge in [0.05, 0.1) is 24.3 Å². The van der Waals surface area contributed by atoms with Gasteiger partial charge in [0.15, 0.2) is 0 Å². The van der Waals surface area contributed by atoms with E-state index in [0.29, 0.717) is 25.7 Å². The van der Waals surface area contributed by atoms with Gasteiger partial charge in [-0.1, -0.05) is 18.0 Å². The first-order valence-electron chi connectivity index (χ1n) is 7.45. The third-order valence-corrected chi connectivity index (χ3v) is 7.57. The molecule has 8 heteroatoms. The molecule has 6 nitrogen and oxygen atoms in total. The van der Waals surface area contributed by atoms with Crippen LogP contribution in [0.3, 0.4) is 0 Å². The number of fused-ring (bicyclic) bond motifs is 2. The Bertz CT molecular complexity index is 720. The van der Waals surface area contributed by atoms with Crippen LogP contribution in [0, 0.1) is 11.3 Å². The van der Waals surface area contributed by atoms with E-state index < -0.39 is 10.0 Å². The zero-order valence-corrected chi connectivity index (χ0v) is 13.6. The molecule has 1 aromatic heterocycles. The van der Waals surface area contributed by atoms with E-state index in [1.165, 1.54) is 12.3 Å². The number of hydrogen-bond donors (Lipinski definition) is 1. The second-order valence-electron chi connectivity index (χ2n) is 6.51. The van der Waals surface area contributed by atoms with E-state index in [1.54, 1.807) is 4.31 Å². The number of sulfonamides is 1. The predicted molar refractivity (Wildman–Crippen MR) is 81.9 cm³/mol. The number of halogens is 1. The highest BCUT2D eigenvalue weighted by Gasteiger charge is 2.60. The van der Waals surface area contributed by atoms with Crippen molar-refractivity contribution < 1.29 is 13.2 Å². The number of rotatable bonds is 2. The molecule has 1 saturated carbocycles. The summed E-state index contributed by atoms with van der Waals surface area (Å²) in [5.41, 5.74) is 5.88. The number of anilines is 1. The van der Waals surface area contributed by atoms with Gasteiger partial charge in [-0.15, -0.1) is 0 Å². The van der Waals surface area contributed by atoms with Gasteiger partial charge in [-0.25, -0.2) is 13.4 Å². The Balaban J connectivity index is 1.76. The van der Waals surface area contributed by atoms with E-state index in [9.17, 15) is 8.42 Å². The Hall–Kier alpha value is -0.890. The summed E-state index contributed by atoms with van der Waals surface area (Å²) < 4.78 is 33.3. The maximum atomic E-state index is 13.1. The van der Waals surface area contributed by atoms with Crippen LogP contribution < -0.4 is 5.73 Å². The second-order valence-corrected chi connectivity index (χ2v) is 8.81. The fourth-order valence-electron chi connectivity index (χ4n) is 4.14. The van der Waals surface area contributed by atoms with Gasteiger partial charge >= 0.3 is 0 Å². The molecule has 0 radical (unpaired) electrons. The minimum absolute atomic E-state index is 0.00187. The van der Waals surface area contributed by atoms with Crippen molar-refractivity contribution in [3.63, 3.8) is 0 Å². The molecule has 22 heavy (non-hydrogen) atoms. The van der Waals surface area contributed by atoms with Crippen molar-refractivity contribution >= 4 is 27.4 Å². The van der Waals surface area contributed by atoms with Crippen molar-refractivity contribution in [2.45, 2.75) is 30.2 Å². The van der Waals surface area contributed by atoms with Crippen LogP contribution in [0.5, 0.6) is 0 Å². The molecule has 2 saturated heterocycles. The minimum Gasteiger partial charge on any atom is -0.383 e. The maximum absolute atomic E-state index is 13.1. The van der Waals surface area contributed by atoms with Crippen LogP contribution >= 0.6 is 11.6 Å². The summed E-state index contributed by atoms with van der Waals surface area (Å²) >= 11 is 5.91. The Morgan fingerprint density at radius 3 is 2.86 bits per heavy atom. The van der Waals surface area contributed by atoms with Crippen LogP contribution in [-0.4, -0.2) is 43.5 Å². The molecule has 1 spiro atoms. The molecule has 3 fully saturated rings. The van der Waals surface area contributed by atoms with Crippen LogP contribution in [0.15, 0.2) is 17.2 Å². The molecule has 0 amide bonds. The molecule has 0 bridgehead atoms. The standard InChI is InChI=1S/C14H18ClN3O3S/c15-9-4-12(13(16)17-5-9)22(19,20)18-8-14(2-1-3-14)10-6-21-7-11(10)18/h4-5,10-11H,1-3,6-8H2,(H2,16,17)/t10-,11-/m1/s1. The zero-order chi connectivity index (χ0) is 15.5. The molecule has 2 N–H and O–H groups in total. The van der Waals surface area contributed by atoms with Gasteiger partial charge in [0, 0.05) is 18.7 Å². The lowest BCUT2D eigenvalue weighted by Gasteiger charge is -2.42. The number of nitrogen functional groups attached to an aromatic ring is 1. The summed E-state index contributed by atoms with van der Waals surface area (Å²) in [5.74, 6) is 0.291. The number of nitrogens with zero attached hydrogens (tertiary/aromatic N) is 2. The number of aromatic nitrogens is 1. The Labute approximate surface area is 134 Å². The summed E-state index contributed by atoms with van der Waals surface area (Å²) in [7, 11) is -3.71. The van der Waals surface area contributed by atoms with E-state index in [2.05, 4.69) is 4.98 Å². The lowest BCUT2D eigenvalue weighted by Crippen LogP contribution is -2.40. The minimum atomic E-state index is -3.71. The number of hydrogen-bond acceptors (Lipinski definition) is 5. The lowest BCUT2D eigenvalue weighted by molar-refractivity contribution is 0.0601. The second kappa shape index (κ2) is 4.80. The molecular weight excluding hydrogens is 326 g/mol. The summed E-state index contributed by atoms with van der Waals surface area (Å²) in [6.45, 7) is 1.67. The SMILES string of the molecule is Nc1ncc(Cl)cc1S(=O)(=O)N1CC2(CCC2)[C@@H]2COC[C@H]21. The summed E-state index contributed by atoms with van der Waals surface area (Å²) in [6.07, 6.45) is 4.67. The van der Waals surface area contributed by atoms with E-state index in [0.717, 1.165) is 19.3 Å². The molecule has 1 aliphatic carbocycles. The third kappa shape index (κ3) is 1.92. The van der Waals surface area contributed by atoms with Gasteiger partial charge in [0.1, 0.15) is 10.7 Å². The number of nitrogens with two attached hydrogens (primary N) is 1. The lowest BCUT2D eigenvalue weighted by atomic mass is 9.62. The fraction of sp³-hybridized carbons (Fsp3) is 0.643. The largest absolute Gasteiger partial charge is 0.383 e. The fourth-order valence-corrected chi connectivity index (χ4v) is 6.20. The van der Waals surface area contributed by atoms with E-state index in [4.69, 9.17) is 22.1 Å². The Kier molecular flexibility index (Phi) is 3.21. The highest BCUT2D eigenvalue weighted by Crippen LogP contribution is 2.56. The molecular formula is C14H18ClN3O3S. The summed E-state index contributed by atoms with van der Waals surface area (Å²) in [4.78, 5) is 3.88. The van der Waals surface area contributed by atoms with Crippen molar-refractivity contribution in [1.29, 1.82) is 0 Å². The van der Waals surface area contributed by atoms with E-state index in [1.807, 2.05) is 0 Å². The normalized spacial score (nSPS) is 30.4. The highest BCUT2D eigenvalue weighted by molar-refractivity contribution is 7.89. The van der Waals surface area contributed by atoms with Gasteiger partial charge in [0.2, 0.25) is 10.0 Å². The van der Waals surface area contributed by atoms with Crippen LogP contribution in [0.2, 0.25) is 5.02 Å². The van der Waals surface area contributed by atoms with Gasteiger partial charge in [-0.3, -0.25) is 0 Å². The molecule has 4 rings (SSSR count). The smallest absolute Gasteiger partial charge is 0.247 e. The topological polar surface area (TPSA) is 85.5 Å². The van der Waals surface area contributed by atoms with Gasteiger partial charge < -0.3 is 10.5 Å². The predicted octanol–water partition coefficient (Wildman–Crippen LogP) is 1.51. The summed E-state index contributed by atoms with van der Waals surface area (Å²) in [6, 6.07) is 1.29. The molecule has 0 unspecified atom stereocenters. The third-order valence-electron chi connectivity index (χ3n) is 5.46. The number of ether oxygens (including phenoxy) is 1. The maximum Gasteiger partial charge on any atom is 0.247 e. The van der Waals surface area contributed by atoms with E-state index >= 15 is 0 Å². The first-order chi connectivity index (χ1) is 10.4. The van der Waals surface area contributed by atoms with Crippen molar-refractivity contribution in [1.82, 2.24) is 9.29 Å². The quantitative estimate of drug-likeness (QED) is 0.879. The van der Waals surface area contributed by atoms with Crippen molar-refractivity contribution in [3.05, 3.63) is 17.3 Å². The zero-order valence-electron chi connectivity index (χ0n) is 12.0. The molecule has 0 aromatic carbocycles. The molecule has 120 valence electrons. The van der Waals surface area contributed by atoms with Crippen molar-refractivity contribution in [3.8, 4) is 0 Å². The van der Waals surface area contributed by atoms with Gasteiger partial charge in [0.25, 0.3) is 0 Å². The highest BCUT2D eigenvalue weighted by atomic mass is 35.5. The monoisotopic (exact) mass is 343 g/mol. The van der Waals surface area contributed by atoms with Crippen LogP contribution in [-0.2, 0) is 14.8 Å². The Morgan fingerprint density at radius 1 is 1.41 bits per heavy atom. The summed E-state index contributed by atoms with van der Waals surface area (Å²) in [5, 5.41) is 0.268. The molecule has 3 heterocycles. The molecule has 2 atom stereocenters. The van der Waals surface area contributed by atoms with E-state index in [-0.39, 0.29) is 27.2 Å². The molecule has 2 aliphatic heterocycles. The van der Waals surface area contributed by atoms with Crippen LogP contribution in [0.4, 0.5) is 5.82 Å². The first kappa shape index (κ1) is 14.7. The average molecular weight is 344 g/mol. The van der Waals surface area contributed by atoms with Crippen molar-refractivity contribution in [2.24, 2.45) is 11.3 Å². The molecule has 1 aromatic rings. The number of pyridine rings is 1. The van der Waals surface area contributed by atoms with Gasteiger partial charge in [-0.2, -0.15) is 4.31 Å². The van der Waals surface area contributed by atoms with Gasteiger partial charge in [-0.05, 0) is 24.3 Å². The average Bonchev–Trinajstić information content (AvgIpc) is 3.00. The molecule has 3 aliphatic rings. The van der Waals surface area contributed by atoms with Crippen LogP contribution in [0.1, 0.15) is 19.3 Å². The first-order valence-corrected chi connectivity index (χ1v) is 9.26. The Morgan fingerprint density at radius 2 is 2.18 bits per heavy atom. The van der Waals surface area contributed by atoms with Crippen molar-refractivity contribution in [2.75, 3.05) is 25.5 Å².